The average molecular weight is 557 g/mol. The first-order chi connectivity index (χ1) is 17.4. The van der Waals surface area contributed by atoms with Gasteiger partial charge in [0, 0.05) is 21.6 Å². The maximum absolute atomic E-state index is 13.7. The summed E-state index contributed by atoms with van der Waals surface area (Å²) in [7, 11) is -4.26. The van der Waals surface area contributed by atoms with Gasteiger partial charge in [0.2, 0.25) is 0 Å². The highest BCUT2D eigenvalue weighted by Gasteiger charge is 2.30. The number of hydrogen-bond donors (Lipinski definition) is 0. The van der Waals surface area contributed by atoms with E-state index >= 15 is 0 Å². The molecule has 0 aliphatic carbocycles. The summed E-state index contributed by atoms with van der Waals surface area (Å²) in [5, 5.41) is 10.2. The van der Waals surface area contributed by atoms with Gasteiger partial charge in [-0.25, -0.2) is 13.4 Å². The van der Waals surface area contributed by atoms with E-state index in [0.29, 0.717) is 11.2 Å². The molecular weight excluding hydrogens is 535 g/mol. The fraction of sp³-hybridized carbons (Fsp3) is 0.192. The second-order valence-electron chi connectivity index (χ2n) is 9.12. The number of carbonyl (C=O) groups is 1. The number of anilines is 1. The zero-order valence-corrected chi connectivity index (χ0v) is 22.5. The van der Waals surface area contributed by atoms with Crippen molar-refractivity contribution in [1.82, 2.24) is 9.55 Å². The van der Waals surface area contributed by atoms with Gasteiger partial charge >= 0.3 is 5.97 Å². The minimum absolute atomic E-state index is 0.142. The summed E-state index contributed by atoms with van der Waals surface area (Å²) in [6, 6.07) is 17.8. The summed E-state index contributed by atoms with van der Waals surface area (Å²) in [6.45, 7) is 4.53. The van der Waals surface area contributed by atoms with Crippen LogP contribution in [0.2, 0.25) is 10.0 Å². The molecule has 4 rings (SSSR count). The summed E-state index contributed by atoms with van der Waals surface area (Å²) in [5.74, 6) is -0.187. The van der Waals surface area contributed by atoms with Crippen LogP contribution in [0.15, 0.2) is 71.8 Å². The van der Waals surface area contributed by atoms with Crippen LogP contribution in [-0.2, 0) is 19.6 Å². The molecule has 0 bridgehead atoms. The van der Waals surface area contributed by atoms with E-state index in [4.69, 9.17) is 27.9 Å². The summed E-state index contributed by atoms with van der Waals surface area (Å²) in [6.07, 6.45) is 1.77. The fourth-order valence-electron chi connectivity index (χ4n) is 3.72. The molecule has 8 nitrogen and oxygen atoms in total. The Morgan fingerprint density at radius 3 is 2.43 bits per heavy atom. The van der Waals surface area contributed by atoms with Crippen LogP contribution in [0.4, 0.5) is 5.69 Å². The fourth-order valence-corrected chi connectivity index (χ4v) is 5.84. The van der Waals surface area contributed by atoms with E-state index in [2.05, 4.69) is 4.98 Å². The average Bonchev–Trinajstić information content (AvgIpc) is 3.24. The Morgan fingerprint density at radius 2 is 1.78 bits per heavy atom. The van der Waals surface area contributed by atoms with E-state index in [9.17, 15) is 18.5 Å². The zero-order chi connectivity index (χ0) is 27.0. The van der Waals surface area contributed by atoms with Gasteiger partial charge in [0.25, 0.3) is 10.0 Å². The molecule has 0 atom stereocenters. The number of fused-ring (bicyclic) bond motifs is 1. The predicted molar refractivity (Wildman–Crippen MR) is 143 cm³/mol. The first kappa shape index (κ1) is 26.5. The third kappa shape index (κ3) is 5.88. The van der Waals surface area contributed by atoms with Crippen LogP contribution in [0, 0.1) is 11.3 Å². The second kappa shape index (κ2) is 10.1. The lowest BCUT2D eigenvalue weighted by Crippen LogP contribution is -2.39. The van der Waals surface area contributed by atoms with Crippen molar-refractivity contribution >= 4 is 55.8 Å². The predicted octanol–water partition coefficient (Wildman–Crippen LogP) is 5.74. The van der Waals surface area contributed by atoms with Crippen molar-refractivity contribution < 1.29 is 17.9 Å². The Balaban J connectivity index is 1.81. The summed E-state index contributed by atoms with van der Waals surface area (Å²) >= 11 is 12.1. The van der Waals surface area contributed by atoms with E-state index in [1.54, 1.807) is 74.0 Å². The number of benzene rings is 2. The van der Waals surface area contributed by atoms with Gasteiger partial charge in [0.1, 0.15) is 29.7 Å². The number of rotatable bonds is 6. The molecular formula is C26H22Cl2N4O4S. The molecule has 0 N–H and O–H groups in total. The number of aromatic nitrogens is 2. The largest absolute Gasteiger partial charge is 0.459 e. The Kier molecular flexibility index (Phi) is 7.20. The molecule has 0 amide bonds. The van der Waals surface area contributed by atoms with E-state index < -0.39 is 28.1 Å². The number of sulfonamides is 1. The van der Waals surface area contributed by atoms with Crippen LogP contribution in [0.3, 0.4) is 0 Å². The molecule has 11 heteroatoms. The number of ether oxygens (including phenoxy) is 1. The van der Waals surface area contributed by atoms with Crippen molar-refractivity contribution in [2.75, 3.05) is 10.8 Å². The smallest absolute Gasteiger partial charge is 0.327 e. The number of nitriles is 1. The van der Waals surface area contributed by atoms with Crippen molar-refractivity contribution in [3.8, 4) is 11.9 Å². The molecule has 4 aromatic rings. The van der Waals surface area contributed by atoms with Gasteiger partial charge in [-0.2, -0.15) is 5.26 Å². The van der Waals surface area contributed by atoms with Crippen molar-refractivity contribution in [3.63, 3.8) is 0 Å². The molecule has 0 spiro atoms. The van der Waals surface area contributed by atoms with Crippen LogP contribution >= 0.6 is 23.2 Å². The highest BCUT2D eigenvalue weighted by molar-refractivity contribution is 7.92. The van der Waals surface area contributed by atoms with Crippen LogP contribution in [0.25, 0.3) is 16.7 Å². The summed E-state index contributed by atoms with van der Waals surface area (Å²) < 4.78 is 35.6. The van der Waals surface area contributed by atoms with E-state index in [0.717, 1.165) is 9.82 Å². The third-order valence-corrected chi connectivity index (χ3v) is 7.36. The minimum Gasteiger partial charge on any atom is -0.459 e. The standard InChI is InChI=1S/C26H22Cl2N4O4S/c1-26(2,3)36-25(33)16-32(37(34,35)22-13-18(27)12-19(28)14-22)21-7-8-23-17(11-21)9-10-31(23)24-6-4-5-20(15-29)30-24/h4-14H,16H2,1-3H3. The molecule has 2 heterocycles. The summed E-state index contributed by atoms with van der Waals surface area (Å²) in [4.78, 5) is 16.9. The number of esters is 1. The van der Waals surface area contributed by atoms with E-state index in [1.807, 2.05) is 6.07 Å². The normalized spacial score (nSPS) is 11.8. The molecule has 37 heavy (non-hydrogen) atoms. The van der Waals surface area contributed by atoms with Gasteiger partial charge in [-0.3, -0.25) is 9.10 Å². The Hall–Kier alpha value is -3.58. The maximum Gasteiger partial charge on any atom is 0.327 e. The molecule has 0 aliphatic rings. The Bertz CT molecular complexity index is 1630. The zero-order valence-electron chi connectivity index (χ0n) is 20.1. The van der Waals surface area contributed by atoms with E-state index in [1.165, 1.54) is 18.2 Å². The molecule has 190 valence electrons. The monoisotopic (exact) mass is 556 g/mol. The summed E-state index contributed by atoms with van der Waals surface area (Å²) in [5.41, 5.74) is 0.432. The number of nitrogens with zero attached hydrogens (tertiary/aromatic N) is 4. The second-order valence-corrected chi connectivity index (χ2v) is 11.9. The van der Waals surface area contributed by atoms with Gasteiger partial charge in [-0.05, 0) is 75.4 Å². The molecule has 0 unspecified atom stereocenters. The number of halogens is 2. The molecule has 0 aliphatic heterocycles. The molecule has 0 radical (unpaired) electrons. The number of pyridine rings is 1. The first-order valence-electron chi connectivity index (χ1n) is 11.1. The quantitative estimate of drug-likeness (QED) is 0.280. The van der Waals surface area contributed by atoms with Crippen molar-refractivity contribution in [2.45, 2.75) is 31.3 Å². The molecule has 0 saturated carbocycles. The van der Waals surface area contributed by atoms with Gasteiger partial charge in [0.05, 0.1) is 16.1 Å². The van der Waals surface area contributed by atoms with Gasteiger partial charge < -0.3 is 9.30 Å². The third-order valence-electron chi connectivity index (χ3n) is 5.17. The first-order valence-corrected chi connectivity index (χ1v) is 13.3. The highest BCUT2D eigenvalue weighted by Crippen LogP contribution is 2.31. The molecule has 2 aromatic carbocycles. The van der Waals surface area contributed by atoms with Crippen LogP contribution < -0.4 is 4.31 Å². The Labute approximate surface area is 224 Å². The van der Waals surface area contributed by atoms with Crippen LogP contribution in [0.5, 0.6) is 0 Å². The minimum atomic E-state index is -4.26. The maximum atomic E-state index is 13.7. The van der Waals surface area contributed by atoms with E-state index in [-0.39, 0.29) is 26.3 Å². The Morgan fingerprint density at radius 1 is 1.08 bits per heavy atom. The van der Waals surface area contributed by atoms with Gasteiger partial charge in [0.15, 0.2) is 0 Å². The molecule has 0 fully saturated rings. The lowest BCUT2D eigenvalue weighted by atomic mass is 10.2. The van der Waals surface area contributed by atoms with Gasteiger partial charge in [-0.1, -0.05) is 29.3 Å². The van der Waals surface area contributed by atoms with Crippen molar-refractivity contribution in [3.05, 3.63) is 82.6 Å². The number of carbonyl (C=O) groups excluding carboxylic acids is 1. The highest BCUT2D eigenvalue weighted by atomic mass is 35.5. The van der Waals surface area contributed by atoms with Gasteiger partial charge in [-0.15, -0.1) is 0 Å². The molecule has 2 aromatic heterocycles. The SMILES string of the molecule is CC(C)(C)OC(=O)CN(c1ccc2c(ccn2-c2cccc(C#N)n2)c1)S(=O)(=O)c1cc(Cl)cc(Cl)c1. The van der Waals surface area contributed by atoms with Crippen LogP contribution in [0.1, 0.15) is 26.5 Å². The number of hydrogen-bond acceptors (Lipinski definition) is 6. The lowest BCUT2D eigenvalue weighted by molar-refractivity contribution is -0.152. The van der Waals surface area contributed by atoms with Crippen molar-refractivity contribution in [2.24, 2.45) is 0 Å². The lowest BCUT2D eigenvalue weighted by Gasteiger charge is -2.26. The molecule has 0 saturated heterocycles. The topological polar surface area (TPSA) is 105 Å². The van der Waals surface area contributed by atoms with Crippen molar-refractivity contribution in [1.29, 1.82) is 5.26 Å². The van der Waals surface area contributed by atoms with Crippen LogP contribution in [-0.4, -0.2) is 36.1 Å².